The third-order valence-electron chi connectivity index (χ3n) is 2.50. The minimum absolute atomic E-state index is 0.218. The molecule has 1 aliphatic carbocycles. The Hall–Kier alpha value is -0.0800. The molecule has 1 aliphatic rings. The van der Waals surface area contributed by atoms with E-state index >= 15 is 0 Å². The molecule has 0 bridgehead atoms. The highest BCUT2D eigenvalue weighted by atomic mass is 16.3. The molecule has 0 saturated heterocycles. The average molecular weight is 171 g/mol. The van der Waals surface area contributed by atoms with Crippen LogP contribution in [0, 0.1) is 11.8 Å². The van der Waals surface area contributed by atoms with Crippen LogP contribution in [0.2, 0.25) is 0 Å². The lowest BCUT2D eigenvalue weighted by Gasteiger charge is -2.22. The van der Waals surface area contributed by atoms with Gasteiger partial charge in [-0.25, -0.2) is 0 Å². The standard InChI is InChI=1S/C10H21NO/c1-7(2)10(9-4-5-9)11-6-8(3)12/h7-12H,4-6H2,1-3H3/t8-,10?/m0/s1. The maximum atomic E-state index is 9.12. The van der Waals surface area contributed by atoms with E-state index in [9.17, 15) is 0 Å². The first-order valence-electron chi connectivity index (χ1n) is 5.02. The van der Waals surface area contributed by atoms with E-state index in [2.05, 4.69) is 19.2 Å². The highest BCUT2D eigenvalue weighted by Crippen LogP contribution is 2.35. The van der Waals surface area contributed by atoms with Gasteiger partial charge in [-0.05, 0) is 31.6 Å². The highest BCUT2D eigenvalue weighted by molar-refractivity contribution is 4.88. The molecule has 72 valence electrons. The van der Waals surface area contributed by atoms with Gasteiger partial charge in [0.25, 0.3) is 0 Å². The maximum Gasteiger partial charge on any atom is 0.0636 e. The predicted molar refractivity (Wildman–Crippen MR) is 51.0 cm³/mol. The molecule has 12 heavy (non-hydrogen) atoms. The van der Waals surface area contributed by atoms with Crippen molar-refractivity contribution in [2.24, 2.45) is 11.8 Å². The second-order valence-electron chi connectivity index (χ2n) is 4.36. The molecule has 1 saturated carbocycles. The van der Waals surface area contributed by atoms with Crippen LogP contribution in [-0.2, 0) is 0 Å². The number of rotatable bonds is 5. The fourth-order valence-electron chi connectivity index (χ4n) is 1.71. The number of aliphatic hydroxyl groups is 1. The Morgan fingerprint density at radius 3 is 2.25 bits per heavy atom. The smallest absolute Gasteiger partial charge is 0.0636 e. The molecule has 1 unspecified atom stereocenters. The van der Waals surface area contributed by atoms with Crippen LogP contribution in [-0.4, -0.2) is 23.8 Å². The van der Waals surface area contributed by atoms with Gasteiger partial charge in [-0.15, -0.1) is 0 Å². The quantitative estimate of drug-likeness (QED) is 0.655. The van der Waals surface area contributed by atoms with Crippen LogP contribution in [0.3, 0.4) is 0 Å². The summed E-state index contributed by atoms with van der Waals surface area (Å²) in [7, 11) is 0. The molecule has 0 heterocycles. The fraction of sp³-hybridized carbons (Fsp3) is 1.00. The molecule has 1 fully saturated rings. The number of aliphatic hydroxyl groups excluding tert-OH is 1. The Bertz CT molecular complexity index is 128. The van der Waals surface area contributed by atoms with Crippen molar-refractivity contribution in [3.8, 4) is 0 Å². The van der Waals surface area contributed by atoms with Gasteiger partial charge in [-0.2, -0.15) is 0 Å². The van der Waals surface area contributed by atoms with E-state index in [4.69, 9.17) is 5.11 Å². The summed E-state index contributed by atoms with van der Waals surface area (Å²) in [4.78, 5) is 0. The summed E-state index contributed by atoms with van der Waals surface area (Å²) in [6, 6.07) is 0.625. The molecule has 0 aliphatic heterocycles. The highest BCUT2D eigenvalue weighted by Gasteiger charge is 2.32. The fourth-order valence-corrected chi connectivity index (χ4v) is 1.71. The van der Waals surface area contributed by atoms with E-state index in [0.717, 1.165) is 12.5 Å². The molecular weight excluding hydrogens is 150 g/mol. The van der Waals surface area contributed by atoms with Crippen molar-refractivity contribution in [3.63, 3.8) is 0 Å². The normalized spacial score (nSPS) is 22.8. The molecule has 2 heteroatoms. The van der Waals surface area contributed by atoms with Crippen LogP contribution >= 0.6 is 0 Å². The zero-order chi connectivity index (χ0) is 9.14. The van der Waals surface area contributed by atoms with E-state index in [1.165, 1.54) is 12.8 Å². The van der Waals surface area contributed by atoms with E-state index in [1.54, 1.807) is 0 Å². The Labute approximate surface area is 75.4 Å². The van der Waals surface area contributed by atoms with Crippen molar-refractivity contribution >= 4 is 0 Å². The van der Waals surface area contributed by atoms with Gasteiger partial charge in [0.2, 0.25) is 0 Å². The summed E-state index contributed by atoms with van der Waals surface area (Å²) in [6.45, 7) is 7.06. The van der Waals surface area contributed by atoms with Crippen LogP contribution in [0.1, 0.15) is 33.6 Å². The summed E-state index contributed by atoms with van der Waals surface area (Å²) < 4.78 is 0. The molecule has 2 atom stereocenters. The third-order valence-corrected chi connectivity index (χ3v) is 2.50. The van der Waals surface area contributed by atoms with Crippen molar-refractivity contribution < 1.29 is 5.11 Å². The lowest BCUT2D eigenvalue weighted by molar-refractivity contribution is 0.178. The van der Waals surface area contributed by atoms with Gasteiger partial charge in [0.05, 0.1) is 6.10 Å². The summed E-state index contributed by atoms with van der Waals surface area (Å²) in [5.41, 5.74) is 0. The first kappa shape index (κ1) is 10.0. The van der Waals surface area contributed by atoms with Crippen molar-refractivity contribution in [1.82, 2.24) is 5.32 Å². The van der Waals surface area contributed by atoms with Crippen LogP contribution in [0.25, 0.3) is 0 Å². The Morgan fingerprint density at radius 2 is 1.92 bits per heavy atom. The second-order valence-corrected chi connectivity index (χ2v) is 4.36. The van der Waals surface area contributed by atoms with Crippen molar-refractivity contribution in [2.45, 2.75) is 45.8 Å². The SMILES string of the molecule is CC(C)C(NC[C@H](C)O)C1CC1. The number of hydrogen-bond donors (Lipinski definition) is 2. The molecule has 0 radical (unpaired) electrons. The maximum absolute atomic E-state index is 9.12. The molecule has 2 N–H and O–H groups in total. The van der Waals surface area contributed by atoms with E-state index in [-0.39, 0.29) is 6.10 Å². The summed E-state index contributed by atoms with van der Waals surface area (Å²) >= 11 is 0. The number of nitrogens with one attached hydrogen (secondary N) is 1. The monoisotopic (exact) mass is 171 g/mol. The molecule has 1 rings (SSSR count). The molecular formula is C10H21NO. The van der Waals surface area contributed by atoms with Gasteiger partial charge < -0.3 is 10.4 Å². The van der Waals surface area contributed by atoms with Gasteiger partial charge >= 0.3 is 0 Å². The van der Waals surface area contributed by atoms with Crippen LogP contribution in [0.4, 0.5) is 0 Å². The van der Waals surface area contributed by atoms with Gasteiger partial charge in [-0.3, -0.25) is 0 Å². The number of hydrogen-bond acceptors (Lipinski definition) is 2. The van der Waals surface area contributed by atoms with Crippen LogP contribution in [0.15, 0.2) is 0 Å². The summed E-state index contributed by atoms with van der Waals surface area (Å²) in [5.74, 6) is 1.57. The van der Waals surface area contributed by atoms with Crippen molar-refractivity contribution in [2.75, 3.05) is 6.54 Å². The summed E-state index contributed by atoms with van der Waals surface area (Å²) in [6.07, 6.45) is 2.52. The van der Waals surface area contributed by atoms with Crippen LogP contribution in [0.5, 0.6) is 0 Å². The molecule has 0 amide bonds. The molecule has 0 spiro atoms. The first-order valence-corrected chi connectivity index (χ1v) is 5.02. The van der Waals surface area contributed by atoms with Crippen LogP contribution < -0.4 is 5.32 Å². The zero-order valence-electron chi connectivity index (χ0n) is 8.38. The zero-order valence-corrected chi connectivity index (χ0v) is 8.38. The van der Waals surface area contributed by atoms with E-state index < -0.39 is 0 Å². The van der Waals surface area contributed by atoms with E-state index in [0.29, 0.717) is 12.0 Å². The molecule has 0 aromatic rings. The largest absolute Gasteiger partial charge is 0.392 e. The Kier molecular flexibility index (Phi) is 3.53. The lowest BCUT2D eigenvalue weighted by atomic mass is 9.99. The minimum Gasteiger partial charge on any atom is -0.392 e. The van der Waals surface area contributed by atoms with E-state index in [1.807, 2.05) is 6.92 Å². The van der Waals surface area contributed by atoms with Gasteiger partial charge in [0.15, 0.2) is 0 Å². The van der Waals surface area contributed by atoms with Gasteiger partial charge in [-0.1, -0.05) is 13.8 Å². The molecule has 2 nitrogen and oxygen atoms in total. The topological polar surface area (TPSA) is 32.3 Å². The van der Waals surface area contributed by atoms with Crippen molar-refractivity contribution in [1.29, 1.82) is 0 Å². The van der Waals surface area contributed by atoms with Crippen molar-refractivity contribution in [3.05, 3.63) is 0 Å². The average Bonchev–Trinajstić information content (AvgIpc) is 2.69. The first-order chi connectivity index (χ1) is 5.61. The molecule has 0 aromatic carbocycles. The minimum atomic E-state index is -0.218. The third kappa shape index (κ3) is 3.11. The summed E-state index contributed by atoms with van der Waals surface area (Å²) in [5, 5.41) is 12.6. The predicted octanol–water partition coefficient (Wildman–Crippen LogP) is 1.39. The van der Waals surface area contributed by atoms with Gasteiger partial charge in [0, 0.05) is 12.6 Å². The van der Waals surface area contributed by atoms with Gasteiger partial charge in [0.1, 0.15) is 0 Å². The molecule has 0 aromatic heterocycles. The Balaban J connectivity index is 2.23. The lowest BCUT2D eigenvalue weighted by Crippen LogP contribution is -2.39. The Morgan fingerprint density at radius 1 is 1.33 bits per heavy atom. The second kappa shape index (κ2) is 4.24.